The van der Waals surface area contributed by atoms with Crippen LogP contribution in [-0.2, 0) is 40.3 Å². The van der Waals surface area contributed by atoms with Crippen molar-refractivity contribution in [3.05, 3.63) is 143 Å². The SMILES string of the molecule is CC(C)[C@H](NC(=O)OCc1ccccc1)C(=O)NN(Cc1ccccc1)C[C@@](O)(Cc1ccccc1)C(=O)NC1c2ccccc2C[C@H]1O. The van der Waals surface area contributed by atoms with Crippen LogP contribution in [-0.4, -0.2) is 57.4 Å². The summed E-state index contributed by atoms with van der Waals surface area (Å²) in [4.78, 5) is 40.7. The first-order valence-electron chi connectivity index (χ1n) is 16.5. The number of hydrazine groups is 1. The van der Waals surface area contributed by atoms with Gasteiger partial charge in [0, 0.05) is 19.4 Å². The molecule has 0 spiro atoms. The van der Waals surface area contributed by atoms with Gasteiger partial charge in [0.15, 0.2) is 5.60 Å². The minimum atomic E-state index is -2.05. The predicted octanol–water partition coefficient (Wildman–Crippen LogP) is 4.22. The van der Waals surface area contributed by atoms with Crippen LogP contribution < -0.4 is 16.1 Å². The summed E-state index contributed by atoms with van der Waals surface area (Å²) in [5.41, 5.74) is 4.89. The van der Waals surface area contributed by atoms with E-state index >= 15 is 0 Å². The van der Waals surface area contributed by atoms with Gasteiger partial charge in [0.25, 0.3) is 11.8 Å². The third kappa shape index (κ3) is 9.54. The van der Waals surface area contributed by atoms with E-state index < -0.39 is 41.7 Å². The molecule has 0 saturated heterocycles. The zero-order valence-corrected chi connectivity index (χ0v) is 27.8. The van der Waals surface area contributed by atoms with Crippen molar-refractivity contribution in [2.24, 2.45) is 5.92 Å². The van der Waals surface area contributed by atoms with Crippen LogP contribution in [0.15, 0.2) is 115 Å². The second-order valence-electron chi connectivity index (χ2n) is 12.9. The number of aliphatic hydroxyl groups is 2. The zero-order valence-electron chi connectivity index (χ0n) is 27.8. The van der Waals surface area contributed by atoms with Gasteiger partial charge in [-0.15, -0.1) is 0 Å². The lowest BCUT2D eigenvalue weighted by atomic mass is 9.92. The molecule has 5 N–H and O–H groups in total. The summed E-state index contributed by atoms with van der Waals surface area (Å²) in [6, 6.07) is 33.5. The van der Waals surface area contributed by atoms with E-state index in [9.17, 15) is 24.6 Å². The van der Waals surface area contributed by atoms with Crippen LogP contribution in [0.5, 0.6) is 0 Å². The molecule has 10 nitrogen and oxygen atoms in total. The maximum Gasteiger partial charge on any atom is 0.408 e. The first kappa shape index (κ1) is 35.3. The number of benzene rings is 4. The fourth-order valence-corrected chi connectivity index (χ4v) is 6.07. The fraction of sp³-hybridized carbons (Fsp3) is 0.308. The van der Waals surface area contributed by atoms with Crippen molar-refractivity contribution in [2.75, 3.05) is 6.54 Å². The lowest BCUT2D eigenvalue weighted by molar-refractivity contribution is -0.147. The molecular weight excluding hydrogens is 620 g/mol. The smallest absolute Gasteiger partial charge is 0.408 e. The number of fused-ring (bicyclic) bond motifs is 1. The second kappa shape index (κ2) is 16.4. The van der Waals surface area contributed by atoms with Crippen LogP contribution in [0.4, 0.5) is 4.79 Å². The van der Waals surface area contributed by atoms with Gasteiger partial charge in [-0.05, 0) is 33.7 Å². The molecule has 49 heavy (non-hydrogen) atoms. The highest BCUT2D eigenvalue weighted by Crippen LogP contribution is 2.32. The fourth-order valence-electron chi connectivity index (χ4n) is 6.07. The Morgan fingerprint density at radius 1 is 0.837 bits per heavy atom. The molecule has 0 heterocycles. The standard InChI is InChI=1S/C39H44N4O6/c1-27(2)34(41-38(47)49-25-30-18-10-5-11-19-30)36(45)42-43(24-29-16-8-4-9-17-29)26-39(48,23-28-14-6-3-7-15-28)37(46)40-35-32-21-13-12-20-31(32)22-33(35)44/h3-21,27,33-35,44,48H,22-26H2,1-2H3,(H,40,46)(H,41,47)(H,42,45)/t33-,34+,35?,39+/m1/s1. The van der Waals surface area contributed by atoms with E-state index in [-0.39, 0.29) is 32.0 Å². The van der Waals surface area contributed by atoms with Gasteiger partial charge >= 0.3 is 6.09 Å². The van der Waals surface area contributed by atoms with Crippen LogP contribution in [0, 0.1) is 5.92 Å². The lowest BCUT2D eigenvalue weighted by Gasteiger charge is -2.36. The third-order valence-corrected chi connectivity index (χ3v) is 8.62. The molecule has 4 atom stereocenters. The van der Waals surface area contributed by atoms with Crippen molar-refractivity contribution in [1.29, 1.82) is 0 Å². The van der Waals surface area contributed by atoms with Crippen LogP contribution >= 0.6 is 0 Å². The van der Waals surface area contributed by atoms with Crippen LogP contribution in [0.1, 0.15) is 47.7 Å². The topological polar surface area (TPSA) is 140 Å². The third-order valence-electron chi connectivity index (χ3n) is 8.62. The number of carbonyl (C=O) groups excluding carboxylic acids is 3. The molecule has 1 unspecified atom stereocenters. The molecule has 256 valence electrons. The van der Waals surface area contributed by atoms with E-state index in [4.69, 9.17) is 4.74 Å². The summed E-state index contributed by atoms with van der Waals surface area (Å²) in [7, 11) is 0. The van der Waals surface area contributed by atoms with Crippen molar-refractivity contribution >= 4 is 17.9 Å². The van der Waals surface area contributed by atoms with Gasteiger partial charge in [-0.25, -0.2) is 9.80 Å². The first-order valence-corrected chi connectivity index (χ1v) is 16.5. The van der Waals surface area contributed by atoms with E-state index in [2.05, 4.69) is 16.1 Å². The maximum atomic E-state index is 14.1. The average Bonchev–Trinajstić information content (AvgIpc) is 3.41. The molecule has 10 heteroatoms. The molecule has 3 amide bonds. The van der Waals surface area contributed by atoms with Gasteiger partial charge in [-0.2, -0.15) is 0 Å². The largest absolute Gasteiger partial charge is 0.445 e. The molecule has 5 rings (SSSR count). The van der Waals surface area contributed by atoms with Crippen LogP contribution in [0.25, 0.3) is 0 Å². The van der Waals surface area contributed by atoms with Gasteiger partial charge in [-0.1, -0.05) is 129 Å². The molecule has 0 bridgehead atoms. The number of hydrogen-bond donors (Lipinski definition) is 5. The Bertz CT molecular complexity index is 1690. The summed E-state index contributed by atoms with van der Waals surface area (Å²) < 4.78 is 5.38. The van der Waals surface area contributed by atoms with Gasteiger partial charge in [0.2, 0.25) is 0 Å². The highest BCUT2D eigenvalue weighted by molar-refractivity contribution is 5.87. The molecule has 4 aromatic carbocycles. The predicted molar refractivity (Wildman–Crippen MR) is 186 cm³/mol. The number of rotatable bonds is 14. The van der Waals surface area contributed by atoms with Crippen molar-refractivity contribution in [2.45, 2.75) is 63.6 Å². The van der Waals surface area contributed by atoms with E-state index in [1.54, 1.807) is 13.8 Å². The number of alkyl carbamates (subject to hydrolysis) is 1. The number of nitrogens with one attached hydrogen (secondary N) is 3. The number of hydrogen-bond acceptors (Lipinski definition) is 7. The number of aliphatic hydroxyl groups excluding tert-OH is 1. The highest BCUT2D eigenvalue weighted by Gasteiger charge is 2.42. The second-order valence-corrected chi connectivity index (χ2v) is 12.9. The molecule has 1 aliphatic carbocycles. The van der Waals surface area contributed by atoms with E-state index in [1.807, 2.05) is 115 Å². The van der Waals surface area contributed by atoms with Crippen molar-refractivity contribution in [3.8, 4) is 0 Å². The molecule has 1 aliphatic rings. The van der Waals surface area contributed by atoms with Gasteiger partial charge in [0.1, 0.15) is 12.6 Å². The van der Waals surface area contributed by atoms with Crippen molar-refractivity contribution in [3.63, 3.8) is 0 Å². The van der Waals surface area contributed by atoms with Gasteiger partial charge in [0.05, 0.1) is 18.7 Å². The maximum absolute atomic E-state index is 14.1. The molecule has 0 fully saturated rings. The number of carbonyl (C=O) groups is 3. The van der Waals surface area contributed by atoms with Crippen LogP contribution in [0.2, 0.25) is 0 Å². The van der Waals surface area contributed by atoms with Crippen molar-refractivity contribution < 1.29 is 29.3 Å². The summed E-state index contributed by atoms with van der Waals surface area (Å²) in [5, 5.41) is 30.3. The Hall–Kier alpha value is -5.03. The quantitative estimate of drug-likeness (QED) is 0.127. The Balaban J connectivity index is 1.38. The van der Waals surface area contributed by atoms with Crippen molar-refractivity contribution in [1.82, 2.24) is 21.1 Å². The summed E-state index contributed by atoms with van der Waals surface area (Å²) in [5.74, 6) is -1.55. The number of amides is 3. The minimum absolute atomic E-state index is 0.0427. The highest BCUT2D eigenvalue weighted by atomic mass is 16.5. The normalized spacial score (nSPS) is 17.1. The van der Waals surface area contributed by atoms with E-state index in [1.165, 1.54) is 5.01 Å². The van der Waals surface area contributed by atoms with E-state index in [0.29, 0.717) is 12.0 Å². The molecule has 0 aromatic heterocycles. The van der Waals surface area contributed by atoms with Crippen LogP contribution in [0.3, 0.4) is 0 Å². The molecular formula is C39H44N4O6. The minimum Gasteiger partial charge on any atom is -0.445 e. The molecule has 0 aliphatic heterocycles. The first-order chi connectivity index (χ1) is 23.6. The Labute approximate surface area is 287 Å². The molecule has 4 aromatic rings. The molecule has 0 saturated carbocycles. The lowest BCUT2D eigenvalue weighted by Crippen LogP contribution is -2.61. The Morgan fingerprint density at radius 3 is 2.04 bits per heavy atom. The summed E-state index contributed by atoms with van der Waals surface area (Å²) in [6.07, 6.45) is -1.29. The monoisotopic (exact) mass is 664 g/mol. The Kier molecular flexibility index (Phi) is 11.8. The summed E-state index contributed by atoms with van der Waals surface area (Å²) >= 11 is 0. The Morgan fingerprint density at radius 2 is 1.41 bits per heavy atom. The molecule has 0 radical (unpaired) electrons. The summed E-state index contributed by atoms with van der Waals surface area (Å²) in [6.45, 7) is 3.48. The van der Waals surface area contributed by atoms with Gasteiger partial charge < -0.3 is 25.6 Å². The zero-order chi connectivity index (χ0) is 34.8. The number of nitrogens with zero attached hydrogens (tertiary/aromatic N) is 1. The van der Waals surface area contributed by atoms with E-state index in [0.717, 1.165) is 22.3 Å². The number of ether oxygens (including phenoxy) is 1. The van der Waals surface area contributed by atoms with Gasteiger partial charge in [-0.3, -0.25) is 15.0 Å². The average molecular weight is 665 g/mol.